The van der Waals surface area contributed by atoms with E-state index in [0.717, 1.165) is 0 Å². The second-order valence-corrected chi connectivity index (χ2v) is 3.07. The van der Waals surface area contributed by atoms with Crippen LogP contribution in [0.1, 0.15) is 19.2 Å². The molecular formula is C7H11F3N4O. The molecular weight excluding hydrogens is 213 g/mol. The van der Waals surface area contributed by atoms with E-state index in [-0.39, 0.29) is 18.5 Å². The Hall–Kier alpha value is -1.31. The largest absolute Gasteiger partial charge is 0.407 e. The van der Waals surface area contributed by atoms with E-state index in [9.17, 15) is 13.2 Å². The van der Waals surface area contributed by atoms with Crippen LogP contribution < -0.4 is 11.1 Å². The number of hydrogen-bond donors (Lipinski definition) is 2. The second kappa shape index (κ2) is 4.47. The highest BCUT2D eigenvalue weighted by Gasteiger charge is 2.30. The van der Waals surface area contributed by atoms with Crippen LogP contribution in [0, 0.1) is 0 Å². The molecule has 1 heterocycles. The van der Waals surface area contributed by atoms with E-state index >= 15 is 0 Å². The molecule has 0 fully saturated rings. The van der Waals surface area contributed by atoms with Gasteiger partial charge in [-0.2, -0.15) is 13.2 Å². The fourth-order valence-electron chi connectivity index (χ4n) is 1.00. The van der Waals surface area contributed by atoms with Gasteiger partial charge in [0.05, 0.1) is 13.0 Å². The van der Waals surface area contributed by atoms with E-state index in [2.05, 4.69) is 15.5 Å². The van der Waals surface area contributed by atoms with Gasteiger partial charge in [0.1, 0.15) is 0 Å². The molecule has 0 saturated heterocycles. The normalized spacial score (nSPS) is 13.9. The van der Waals surface area contributed by atoms with Crippen LogP contribution in [0.15, 0.2) is 4.42 Å². The number of nitrogens with one attached hydrogen (secondary N) is 1. The zero-order valence-electron chi connectivity index (χ0n) is 8.01. The van der Waals surface area contributed by atoms with Crippen LogP contribution in [0.5, 0.6) is 0 Å². The third kappa shape index (κ3) is 4.15. The van der Waals surface area contributed by atoms with Gasteiger partial charge in [-0.1, -0.05) is 5.10 Å². The van der Waals surface area contributed by atoms with Crippen molar-refractivity contribution in [2.24, 2.45) is 5.73 Å². The maximum absolute atomic E-state index is 12.0. The van der Waals surface area contributed by atoms with E-state index in [1.807, 2.05) is 0 Å². The molecule has 0 bridgehead atoms. The molecule has 0 saturated carbocycles. The summed E-state index contributed by atoms with van der Waals surface area (Å²) < 4.78 is 40.8. The van der Waals surface area contributed by atoms with Gasteiger partial charge >= 0.3 is 12.2 Å². The van der Waals surface area contributed by atoms with Crippen molar-refractivity contribution in [1.82, 2.24) is 10.2 Å². The van der Waals surface area contributed by atoms with Crippen LogP contribution in [0.4, 0.5) is 19.2 Å². The van der Waals surface area contributed by atoms with Gasteiger partial charge in [-0.15, -0.1) is 5.10 Å². The van der Waals surface area contributed by atoms with Gasteiger partial charge in [0.15, 0.2) is 0 Å². The molecule has 1 aromatic rings. The highest BCUT2D eigenvalue weighted by Crippen LogP contribution is 2.22. The van der Waals surface area contributed by atoms with E-state index in [1.165, 1.54) is 6.92 Å². The van der Waals surface area contributed by atoms with Gasteiger partial charge in [-0.05, 0) is 6.92 Å². The lowest BCUT2D eigenvalue weighted by molar-refractivity contribution is -0.136. The van der Waals surface area contributed by atoms with Gasteiger partial charge in [-0.25, -0.2) is 0 Å². The predicted molar refractivity (Wildman–Crippen MR) is 45.9 cm³/mol. The molecule has 0 spiro atoms. The summed E-state index contributed by atoms with van der Waals surface area (Å²) in [5.74, 6) is 0.178. The quantitative estimate of drug-likeness (QED) is 0.805. The lowest BCUT2D eigenvalue weighted by Crippen LogP contribution is -2.23. The van der Waals surface area contributed by atoms with Crippen molar-refractivity contribution >= 4 is 6.01 Å². The molecule has 3 N–H and O–H groups in total. The summed E-state index contributed by atoms with van der Waals surface area (Å²) in [6.45, 7) is 1.43. The summed E-state index contributed by atoms with van der Waals surface area (Å²) in [5, 5.41) is 9.42. The van der Waals surface area contributed by atoms with E-state index < -0.39 is 18.6 Å². The second-order valence-electron chi connectivity index (χ2n) is 3.07. The third-order valence-corrected chi connectivity index (χ3v) is 1.55. The topological polar surface area (TPSA) is 77.0 Å². The summed E-state index contributed by atoms with van der Waals surface area (Å²) in [5.41, 5.74) is 5.19. The van der Waals surface area contributed by atoms with Crippen LogP contribution in [0.2, 0.25) is 0 Å². The first-order valence-electron chi connectivity index (χ1n) is 4.26. The minimum absolute atomic E-state index is 0.0489. The van der Waals surface area contributed by atoms with Crippen LogP contribution in [-0.2, 0) is 6.54 Å². The van der Waals surface area contributed by atoms with Crippen LogP contribution >= 0.6 is 0 Å². The van der Waals surface area contributed by atoms with E-state index in [0.29, 0.717) is 0 Å². The zero-order chi connectivity index (χ0) is 11.5. The molecule has 1 unspecified atom stereocenters. The van der Waals surface area contributed by atoms with Crippen molar-refractivity contribution in [3.63, 3.8) is 0 Å². The Morgan fingerprint density at radius 1 is 1.47 bits per heavy atom. The highest BCUT2D eigenvalue weighted by molar-refractivity contribution is 5.18. The van der Waals surface area contributed by atoms with Gasteiger partial charge in [0, 0.05) is 6.04 Å². The molecule has 86 valence electrons. The third-order valence-electron chi connectivity index (χ3n) is 1.55. The molecule has 0 amide bonds. The first-order chi connectivity index (χ1) is 6.90. The molecule has 1 rings (SSSR count). The summed E-state index contributed by atoms with van der Waals surface area (Å²) in [4.78, 5) is 0. The Balaban J connectivity index is 2.47. The summed E-state index contributed by atoms with van der Waals surface area (Å²) in [7, 11) is 0. The van der Waals surface area contributed by atoms with Crippen molar-refractivity contribution in [3.8, 4) is 0 Å². The van der Waals surface area contributed by atoms with Crippen molar-refractivity contribution < 1.29 is 17.6 Å². The van der Waals surface area contributed by atoms with Gasteiger partial charge in [0.25, 0.3) is 0 Å². The summed E-state index contributed by atoms with van der Waals surface area (Å²) in [6.07, 6.45) is -5.18. The minimum Gasteiger partial charge on any atom is -0.407 e. The maximum atomic E-state index is 12.0. The number of nitrogens with two attached hydrogens (primary N) is 1. The van der Waals surface area contributed by atoms with Crippen LogP contribution in [-0.4, -0.2) is 22.4 Å². The fraction of sp³-hybridized carbons (Fsp3) is 0.714. The Bertz CT molecular complexity index is 311. The fourth-order valence-corrected chi connectivity index (χ4v) is 1.00. The van der Waals surface area contributed by atoms with Gasteiger partial charge in [-0.3, -0.25) is 0 Å². The van der Waals surface area contributed by atoms with Crippen molar-refractivity contribution in [2.45, 2.75) is 32.1 Å². The molecule has 0 aliphatic heterocycles. The Morgan fingerprint density at radius 3 is 2.60 bits per heavy atom. The Kier molecular flexibility index (Phi) is 3.51. The number of nitrogens with zero attached hydrogens (tertiary/aromatic N) is 2. The minimum atomic E-state index is -4.22. The molecule has 5 nitrogen and oxygen atoms in total. The summed E-state index contributed by atoms with van der Waals surface area (Å²) in [6, 6.07) is -0.872. The molecule has 1 aromatic heterocycles. The average Bonchev–Trinajstić information content (AvgIpc) is 2.48. The van der Waals surface area contributed by atoms with Crippen molar-refractivity contribution in [3.05, 3.63) is 5.89 Å². The molecule has 0 aliphatic carbocycles. The highest BCUT2D eigenvalue weighted by atomic mass is 19.4. The van der Waals surface area contributed by atoms with E-state index in [4.69, 9.17) is 10.2 Å². The Labute approximate surface area is 83.8 Å². The van der Waals surface area contributed by atoms with Gasteiger partial charge < -0.3 is 15.5 Å². The number of rotatable bonds is 4. The van der Waals surface area contributed by atoms with Gasteiger partial charge in [0.2, 0.25) is 5.89 Å². The van der Waals surface area contributed by atoms with Crippen molar-refractivity contribution in [1.29, 1.82) is 0 Å². The lowest BCUT2D eigenvalue weighted by atomic mass is 10.2. The number of alkyl halides is 3. The number of hydrogen-bond acceptors (Lipinski definition) is 5. The zero-order valence-corrected chi connectivity index (χ0v) is 8.01. The number of aromatic nitrogens is 2. The molecule has 0 radical (unpaired) electrons. The summed E-state index contributed by atoms with van der Waals surface area (Å²) >= 11 is 0. The van der Waals surface area contributed by atoms with Crippen LogP contribution in [0.25, 0.3) is 0 Å². The number of halogens is 3. The monoisotopic (exact) mass is 224 g/mol. The standard InChI is InChI=1S/C7H11F3N4O/c1-4(2-7(8,9)10)12-6-14-13-5(3-11)15-6/h4H,2-3,11H2,1H3,(H,12,14). The molecule has 15 heavy (non-hydrogen) atoms. The Morgan fingerprint density at radius 2 is 2.13 bits per heavy atom. The first kappa shape index (κ1) is 11.8. The van der Waals surface area contributed by atoms with E-state index in [1.54, 1.807) is 0 Å². The predicted octanol–water partition coefficient (Wildman–Crippen LogP) is 1.28. The average molecular weight is 224 g/mol. The SMILES string of the molecule is CC(CC(F)(F)F)Nc1nnc(CN)o1. The maximum Gasteiger partial charge on any atom is 0.391 e. The van der Waals surface area contributed by atoms with Crippen molar-refractivity contribution in [2.75, 3.05) is 5.32 Å². The number of anilines is 1. The lowest BCUT2D eigenvalue weighted by Gasteiger charge is -2.13. The smallest absolute Gasteiger partial charge is 0.391 e. The molecule has 1 atom stereocenters. The molecule has 8 heteroatoms. The molecule has 0 aromatic carbocycles. The van der Waals surface area contributed by atoms with Crippen LogP contribution in [0.3, 0.4) is 0 Å². The first-order valence-corrected chi connectivity index (χ1v) is 4.26. The molecule has 0 aliphatic rings.